The van der Waals surface area contributed by atoms with Crippen molar-refractivity contribution in [1.82, 2.24) is 9.80 Å². The number of aliphatic hydroxyl groups is 1. The van der Waals surface area contributed by atoms with Crippen LogP contribution in [-0.4, -0.2) is 53.8 Å². The number of likely N-dealkylation sites (N-methyl/N-ethyl adjacent to an activating group) is 1. The van der Waals surface area contributed by atoms with E-state index in [9.17, 15) is 19.1 Å². The Kier molecular flexibility index (Phi) is 5.67. The molecular formula is C21H23FN2O3S. The van der Waals surface area contributed by atoms with Crippen molar-refractivity contribution in [2.24, 2.45) is 0 Å². The quantitative estimate of drug-likeness (QED) is 0.473. The second-order valence-electron chi connectivity index (χ2n) is 7.23. The third kappa shape index (κ3) is 3.59. The molecule has 1 unspecified atom stereocenters. The number of benzene rings is 1. The average molecular weight is 402 g/mol. The second kappa shape index (κ2) is 7.85. The summed E-state index contributed by atoms with van der Waals surface area (Å²) < 4.78 is 13.6. The van der Waals surface area contributed by atoms with Crippen LogP contribution in [0.4, 0.5) is 4.39 Å². The molecule has 0 radical (unpaired) electrons. The van der Waals surface area contributed by atoms with E-state index in [2.05, 4.69) is 0 Å². The Labute approximate surface area is 167 Å². The molecule has 1 saturated heterocycles. The molecule has 1 fully saturated rings. The molecule has 148 valence electrons. The van der Waals surface area contributed by atoms with Crippen LogP contribution in [0.25, 0.3) is 5.76 Å². The summed E-state index contributed by atoms with van der Waals surface area (Å²) in [5.41, 5.74) is 1.69. The van der Waals surface area contributed by atoms with Gasteiger partial charge >= 0.3 is 0 Å². The first-order chi connectivity index (χ1) is 13.2. The number of halogens is 1. The van der Waals surface area contributed by atoms with Crippen LogP contribution in [0.5, 0.6) is 0 Å². The molecule has 1 aliphatic heterocycles. The van der Waals surface area contributed by atoms with Crippen LogP contribution in [-0.2, 0) is 9.59 Å². The number of thiophene rings is 1. The number of amides is 1. The minimum absolute atomic E-state index is 0.0558. The molecule has 1 aromatic heterocycles. The van der Waals surface area contributed by atoms with E-state index >= 15 is 0 Å². The Balaban J connectivity index is 2.16. The number of ketones is 1. The van der Waals surface area contributed by atoms with Gasteiger partial charge in [0.1, 0.15) is 11.6 Å². The minimum Gasteiger partial charge on any atom is -0.507 e. The summed E-state index contributed by atoms with van der Waals surface area (Å²) in [6, 6.07) is 5.43. The van der Waals surface area contributed by atoms with Crippen molar-refractivity contribution < 1.29 is 19.1 Å². The number of hydrogen-bond acceptors (Lipinski definition) is 5. The number of rotatable bonds is 5. The highest BCUT2D eigenvalue weighted by Gasteiger charge is 2.46. The van der Waals surface area contributed by atoms with Crippen LogP contribution >= 0.6 is 11.3 Å². The molecule has 2 aromatic rings. The van der Waals surface area contributed by atoms with Gasteiger partial charge in [0, 0.05) is 23.5 Å². The summed E-state index contributed by atoms with van der Waals surface area (Å²) >= 11 is 1.45. The molecule has 1 aliphatic rings. The van der Waals surface area contributed by atoms with Crippen molar-refractivity contribution in [2.45, 2.75) is 19.9 Å². The van der Waals surface area contributed by atoms with Crippen molar-refractivity contribution in [3.63, 3.8) is 0 Å². The highest BCUT2D eigenvalue weighted by atomic mass is 32.1. The smallest absolute Gasteiger partial charge is 0.295 e. The van der Waals surface area contributed by atoms with Crippen molar-refractivity contribution in [3.05, 3.63) is 62.6 Å². The zero-order chi connectivity index (χ0) is 20.6. The molecule has 1 amide bonds. The summed E-state index contributed by atoms with van der Waals surface area (Å²) in [4.78, 5) is 29.9. The van der Waals surface area contributed by atoms with E-state index in [0.717, 1.165) is 10.4 Å². The third-order valence-electron chi connectivity index (χ3n) is 4.91. The first kappa shape index (κ1) is 20.2. The van der Waals surface area contributed by atoms with Crippen LogP contribution in [0.15, 0.2) is 35.2 Å². The summed E-state index contributed by atoms with van der Waals surface area (Å²) in [5, 5.41) is 12.8. The molecule has 0 bridgehead atoms. The highest BCUT2D eigenvalue weighted by molar-refractivity contribution is 7.10. The van der Waals surface area contributed by atoms with Crippen LogP contribution in [0.3, 0.4) is 0 Å². The Morgan fingerprint density at radius 3 is 2.50 bits per heavy atom. The van der Waals surface area contributed by atoms with Gasteiger partial charge in [-0.15, -0.1) is 11.3 Å². The summed E-state index contributed by atoms with van der Waals surface area (Å²) in [6.07, 6.45) is 0. The maximum absolute atomic E-state index is 13.6. The first-order valence-electron chi connectivity index (χ1n) is 8.96. The SMILES string of the molecule is Cc1cc(/C(O)=C2/C(=O)C(=O)N(CCN(C)C)C2c2sccc2C)ccc1F. The lowest BCUT2D eigenvalue weighted by Gasteiger charge is -2.26. The fraction of sp³-hybridized carbons (Fsp3) is 0.333. The zero-order valence-corrected chi connectivity index (χ0v) is 17.1. The number of nitrogens with zero attached hydrogens (tertiary/aromatic N) is 2. The lowest BCUT2D eigenvalue weighted by atomic mass is 9.97. The maximum Gasteiger partial charge on any atom is 0.295 e. The van der Waals surface area contributed by atoms with Gasteiger partial charge in [0.25, 0.3) is 11.7 Å². The molecule has 0 saturated carbocycles. The predicted octanol–water partition coefficient (Wildman–Crippen LogP) is 3.49. The number of hydrogen-bond donors (Lipinski definition) is 1. The van der Waals surface area contributed by atoms with Crippen LogP contribution in [0, 0.1) is 19.7 Å². The van der Waals surface area contributed by atoms with Gasteiger partial charge in [-0.3, -0.25) is 9.59 Å². The van der Waals surface area contributed by atoms with Gasteiger partial charge in [-0.2, -0.15) is 0 Å². The minimum atomic E-state index is -0.712. The molecule has 0 aliphatic carbocycles. The Hall–Kier alpha value is -2.51. The van der Waals surface area contributed by atoms with Crippen molar-refractivity contribution in [1.29, 1.82) is 0 Å². The number of carbonyl (C=O) groups excluding carboxylic acids is 2. The molecule has 0 spiro atoms. The number of carbonyl (C=O) groups is 2. The van der Waals surface area contributed by atoms with E-state index in [0.29, 0.717) is 24.2 Å². The number of Topliss-reactive ketones (excluding diaryl/α,β-unsaturated/α-hetero) is 1. The fourth-order valence-electron chi connectivity index (χ4n) is 3.30. The van der Waals surface area contributed by atoms with Crippen molar-refractivity contribution >= 4 is 28.8 Å². The average Bonchev–Trinajstić information content (AvgIpc) is 3.16. The Bertz CT molecular complexity index is 964. The van der Waals surface area contributed by atoms with Crippen LogP contribution < -0.4 is 0 Å². The highest BCUT2D eigenvalue weighted by Crippen LogP contribution is 2.42. The van der Waals surface area contributed by atoms with E-state index < -0.39 is 23.5 Å². The summed E-state index contributed by atoms with van der Waals surface area (Å²) in [7, 11) is 3.78. The predicted molar refractivity (Wildman–Crippen MR) is 108 cm³/mol. The van der Waals surface area contributed by atoms with Crippen LogP contribution in [0.2, 0.25) is 0 Å². The summed E-state index contributed by atoms with van der Waals surface area (Å²) in [6.45, 7) is 4.45. The fourth-order valence-corrected chi connectivity index (χ4v) is 4.35. The lowest BCUT2D eigenvalue weighted by molar-refractivity contribution is -0.140. The molecule has 2 heterocycles. The van der Waals surface area contributed by atoms with E-state index in [-0.39, 0.29) is 11.3 Å². The van der Waals surface area contributed by atoms with Gasteiger partial charge in [0.05, 0.1) is 11.6 Å². The molecule has 5 nitrogen and oxygen atoms in total. The van der Waals surface area contributed by atoms with E-state index in [1.807, 2.05) is 37.4 Å². The zero-order valence-electron chi connectivity index (χ0n) is 16.3. The molecule has 7 heteroatoms. The number of aliphatic hydroxyl groups excluding tert-OH is 1. The Morgan fingerprint density at radius 1 is 1.21 bits per heavy atom. The standard InChI is InChI=1S/C21H23FN2O3S/c1-12-7-10-28-20(12)17-16(18(25)14-5-6-15(22)13(2)11-14)19(26)21(27)24(17)9-8-23(3)4/h5-7,10-11,17,25H,8-9H2,1-4H3/b18-16-. The monoisotopic (exact) mass is 402 g/mol. The topological polar surface area (TPSA) is 60.9 Å². The van der Waals surface area contributed by atoms with Crippen molar-refractivity contribution in [3.8, 4) is 0 Å². The third-order valence-corrected chi connectivity index (χ3v) is 5.98. The molecule has 3 rings (SSSR count). The number of aryl methyl sites for hydroxylation is 2. The van der Waals surface area contributed by atoms with E-state index in [1.54, 1.807) is 6.92 Å². The largest absolute Gasteiger partial charge is 0.507 e. The van der Waals surface area contributed by atoms with Gasteiger partial charge < -0.3 is 14.9 Å². The number of likely N-dealkylation sites (tertiary alicyclic amines) is 1. The first-order valence-corrected chi connectivity index (χ1v) is 9.84. The van der Waals surface area contributed by atoms with E-state index in [4.69, 9.17) is 0 Å². The summed E-state index contributed by atoms with van der Waals surface area (Å²) in [5.74, 6) is -2.00. The van der Waals surface area contributed by atoms with Gasteiger partial charge in [0.2, 0.25) is 0 Å². The molecule has 1 atom stereocenters. The van der Waals surface area contributed by atoms with Crippen molar-refractivity contribution in [2.75, 3.05) is 27.2 Å². The Morgan fingerprint density at radius 2 is 1.93 bits per heavy atom. The van der Waals surface area contributed by atoms with Gasteiger partial charge in [-0.1, -0.05) is 0 Å². The molecule has 1 N–H and O–H groups in total. The molecular weight excluding hydrogens is 379 g/mol. The maximum atomic E-state index is 13.6. The van der Waals surface area contributed by atoms with Crippen LogP contribution in [0.1, 0.15) is 27.6 Å². The molecule has 28 heavy (non-hydrogen) atoms. The normalized spacial score (nSPS) is 19.1. The van der Waals surface area contributed by atoms with Gasteiger partial charge in [-0.05, 0) is 68.7 Å². The van der Waals surface area contributed by atoms with E-state index in [1.165, 1.54) is 34.4 Å². The van der Waals surface area contributed by atoms with Gasteiger partial charge in [0.15, 0.2) is 0 Å². The lowest BCUT2D eigenvalue weighted by Crippen LogP contribution is -2.35. The molecule has 1 aromatic carbocycles. The van der Waals surface area contributed by atoms with Gasteiger partial charge in [-0.25, -0.2) is 4.39 Å². The second-order valence-corrected chi connectivity index (χ2v) is 8.18.